The molecule has 0 aliphatic heterocycles. The van der Waals surface area contributed by atoms with Crippen molar-refractivity contribution in [3.05, 3.63) is 71.4 Å². The Morgan fingerprint density at radius 2 is 1.97 bits per heavy atom. The molecule has 1 saturated carbocycles. The fourth-order valence-electron chi connectivity index (χ4n) is 3.83. The van der Waals surface area contributed by atoms with Gasteiger partial charge in [0.05, 0.1) is 22.4 Å². The monoisotopic (exact) mass is 425 g/mol. The first kappa shape index (κ1) is 18.8. The van der Waals surface area contributed by atoms with Crippen LogP contribution < -0.4 is 0 Å². The van der Waals surface area contributed by atoms with Gasteiger partial charge in [-0.2, -0.15) is 5.10 Å². The molecule has 0 N–H and O–H groups in total. The Balaban J connectivity index is 1.78. The van der Waals surface area contributed by atoms with E-state index in [9.17, 15) is 0 Å². The summed E-state index contributed by atoms with van der Waals surface area (Å²) in [4.78, 5) is 2.26. The highest BCUT2D eigenvalue weighted by molar-refractivity contribution is 7.99. The van der Waals surface area contributed by atoms with Crippen LogP contribution in [-0.2, 0) is 6.54 Å². The lowest BCUT2D eigenvalue weighted by Crippen LogP contribution is -2.01. The molecule has 4 aromatic rings. The highest BCUT2D eigenvalue weighted by Gasteiger charge is 2.34. The minimum absolute atomic E-state index is 0.149. The highest BCUT2D eigenvalue weighted by Crippen LogP contribution is 2.51. The molecule has 3 nitrogen and oxygen atoms in total. The summed E-state index contributed by atoms with van der Waals surface area (Å²) in [6.07, 6.45) is 7.08. The summed E-state index contributed by atoms with van der Waals surface area (Å²) in [5.74, 6) is 0.0653. The third-order valence-corrected chi connectivity index (χ3v) is 6.70. The van der Waals surface area contributed by atoms with Gasteiger partial charge in [-0.25, -0.2) is 4.39 Å². The van der Waals surface area contributed by atoms with Crippen LogP contribution in [0.3, 0.4) is 0 Å². The van der Waals surface area contributed by atoms with Gasteiger partial charge in [0, 0.05) is 39.5 Å². The van der Waals surface area contributed by atoms with Gasteiger partial charge >= 0.3 is 0 Å². The molecule has 5 rings (SSSR count). The van der Waals surface area contributed by atoms with Crippen molar-refractivity contribution in [1.82, 2.24) is 14.3 Å². The van der Waals surface area contributed by atoms with E-state index in [0.29, 0.717) is 11.4 Å². The lowest BCUT2D eigenvalue weighted by atomic mass is 10.2. The van der Waals surface area contributed by atoms with Crippen molar-refractivity contribution < 1.29 is 4.39 Å². The average molecular weight is 426 g/mol. The number of aromatic nitrogens is 3. The van der Waals surface area contributed by atoms with Gasteiger partial charge in [-0.05, 0) is 43.5 Å². The molecule has 0 amide bonds. The van der Waals surface area contributed by atoms with Crippen LogP contribution in [0.1, 0.15) is 37.8 Å². The van der Waals surface area contributed by atoms with E-state index in [1.165, 1.54) is 5.69 Å². The Bertz CT molecular complexity index is 1180. The zero-order valence-electron chi connectivity index (χ0n) is 16.1. The van der Waals surface area contributed by atoms with Crippen molar-refractivity contribution in [1.29, 1.82) is 0 Å². The van der Waals surface area contributed by atoms with E-state index in [2.05, 4.69) is 28.7 Å². The van der Waals surface area contributed by atoms with Crippen LogP contribution in [0.2, 0.25) is 5.02 Å². The number of fused-ring (bicyclic) bond motifs is 1. The Morgan fingerprint density at radius 3 is 2.69 bits per heavy atom. The molecular weight excluding hydrogens is 405 g/mol. The van der Waals surface area contributed by atoms with Crippen molar-refractivity contribution in [3.8, 4) is 5.69 Å². The molecule has 0 unspecified atom stereocenters. The summed E-state index contributed by atoms with van der Waals surface area (Å²) >= 11 is 7.90. The number of benzene rings is 2. The van der Waals surface area contributed by atoms with Gasteiger partial charge in [-0.1, -0.05) is 48.5 Å². The molecule has 1 aliphatic rings. The minimum atomic E-state index is -0.366. The normalized spacial score (nSPS) is 14.0. The molecule has 2 aromatic heterocycles. The highest BCUT2D eigenvalue weighted by atomic mass is 35.5. The van der Waals surface area contributed by atoms with Crippen LogP contribution in [0.15, 0.2) is 64.6 Å². The SMILES string of the molecule is CCCn1cc(-n2c(C3CC3)c(Sc3ccccc3)c3ccc(Cl)c(F)c32)cn1. The summed E-state index contributed by atoms with van der Waals surface area (Å²) in [6.45, 7) is 2.96. The van der Waals surface area contributed by atoms with Crippen LogP contribution in [0.5, 0.6) is 0 Å². The van der Waals surface area contributed by atoms with Gasteiger partial charge in [0.15, 0.2) is 5.82 Å². The van der Waals surface area contributed by atoms with Crippen LogP contribution in [-0.4, -0.2) is 14.3 Å². The standard InChI is InChI=1S/C23H21ClFN3S/c1-2-12-27-14-16(13-26-27)28-21(15-8-9-15)23(29-17-6-4-3-5-7-17)18-10-11-19(24)20(25)22(18)28/h3-7,10-11,13-15H,2,8-9,12H2,1H3. The van der Waals surface area contributed by atoms with Crippen LogP contribution in [0.4, 0.5) is 4.39 Å². The summed E-state index contributed by atoms with van der Waals surface area (Å²) < 4.78 is 19.3. The zero-order valence-corrected chi connectivity index (χ0v) is 17.7. The van der Waals surface area contributed by atoms with Crippen molar-refractivity contribution in [3.63, 3.8) is 0 Å². The topological polar surface area (TPSA) is 22.8 Å². The van der Waals surface area contributed by atoms with Gasteiger partial charge < -0.3 is 4.57 Å². The number of halogens is 2. The van der Waals surface area contributed by atoms with Gasteiger partial charge in [0.25, 0.3) is 0 Å². The quantitative estimate of drug-likeness (QED) is 0.330. The molecule has 29 heavy (non-hydrogen) atoms. The molecule has 0 atom stereocenters. The first-order valence-corrected chi connectivity index (χ1v) is 11.1. The molecule has 6 heteroatoms. The van der Waals surface area contributed by atoms with E-state index in [1.807, 2.05) is 41.3 Å². The van der Waals surface area contributed by atoms with E-state index in [0.717, 1.165) is 46.7 Å². The van der Waals surface area contributed by atoms with Crippen molar-refractivity contribution >= 4 is 34.3 Å². The number of rotatable bonds is 6. The predicted octanol–water partition coefficient (Wildman–Crippen LogP) is 7.06. The van der Waals surface area contributed by atoms with Crippen LogP contribution in [0.25, 0.3) is 16.6 Å². The molecule has 2 aromatic carbocycles. The van der Waals surface area contributed by atoms with Crippen LogP contribution in [0, 0.1) is 5.82 Å². The molecule has 1 fully saturated rings. The Hall–Kier alpha value is -2.24. The molecule has 1 aliphatic carbocycles. The Kier molecular flexibility index (Phi) is 4.88. The lowest BCUT2D eigenvalue weighted by molar-refractivity contribution is 0.602. The molecule has 2 heterocycles. The Labute approximate surface area is 178 Å². The number of nitrogens with zero attached hydrogens (tertiary/aromatic N) is 3. The molecule has 0 radical (unpaired) electrons. The maximum absolute atomic E-state index is 15.3. The predicted molar refractivity (Wildman–Crippen MR) is 117 cm³/mol. The number of hydrogen-bond donors (Lipinski definition) is 0. The average Bonchev–Trinajstić information content (AvgIpc) is 3.38. The second-order valence-corrected chi connectivity index (χ2v) is 8.95. The largest absolute Gasteiger partial charge is 0.306 e. The van der Waals surface area contributed by atoms with Gasteiger partial charge in [0.1, 0.15) is 0 Å². The minimum Gasteiger partial charge on any atom is -0.306 e. The van der Waals surface area contributed by atoms with Crippen molar-refractivity contribution in [2.75, 3.05) is 0 Å². The molecule has 148 valence electrons. The first-order valence-electron chi connectivity index (χ1n) is 9.95. The second-order valence-electron chi connectivity index (χ2n) is 7.46. The molecule has 0 spiro atoms. The molecule has 0 bridgehead atoms. The number of hydrogen-bond acceptors (Lipinski definition) is 2. The zero-order chi connectivity index (χ0) is 20.0. The molecular formula is C23H21ClFN3S. The van der Waals surface area contributed by atoms with E-state index in [1.54, 1.807) is 17.8 Å². The summed E-state index contributed by atoms with van der Waals surface area (Å²) in [5.41, 5.74) is 2.62. The van der Waals surface area contributed by atoms with Gasteiger partial charge in [-0.3, -0.25) is 4.68 Å². The lowest BCUT2D eigenvalue weighted by Gasteiger charge is -2.10. The van der Waals surface area contributed by atoms with E-state index in [4.69, 9.17) is 11.6 Å². The second kappa shape index (κ2) is 7.54. The molecule has 0 saturated heterocycles. The maximum Gasteiger partial charge on any atom is 0.166 e. The van der Waals surface area contributed by atoms with Crippen molar-refractivity contribution in [2.45, 2.75) is 48.4 Å². The van der Waals surface area contributed by atoms with Gasteiger partial charge in [-0.15, -0.1) is 0 Å². The number of aryl methyl sites for hydroxylation is 1. The van der Waals surface area contributed by atoms with Gasteiger partial charge in [0.2, 0.25) is 0 Å². The maximum atomic E-state index is 15.3. The third-order valence-electron chi connectivity index (χ3n) is 5.27. The Morgan fingerprint density at radius 1 is 1.17 bits per heavy atom. The van der Waals surface area contributed by atoms with Crippen LogP contribution >= 0.6 is 23.4 Å². The van der Waals surface area contributed by atoms with E-state index < -0.39 is 0 Å². The van der Waals surface area contributed by atoms with Crippen molar-refractivity contribution in [2.24, 2.45) is 0 Å². The summed E-state index contributed by atoms with van der Waals surface area (Å²) in [5, 5.41) is 5.55. The van der Waals surface area contributed by atoms with E-state index >= 15 is 4.39 Å². The first-order chi connectivity index (χ1) is 14.2. The third kappa shape index (κ3) is 3.36. The smallest absolute Gasteiger partial charge is 0.166 e. The summed E-state index contributed by atoms with van der Waals surface area (Å²) in [7, 11) is 0. The van der Waals surface area contributed by atoms with E-state index in [-0.39, 0.29) is 10.8 Å². The fourth-order valence-corrected chi connectivity index (χ4v) is 5.15. The fraction of sp³-hybridized carbons (Fsp3) is 0.261. The summed E-state index contributed by atoms with van der Waals surface area (Å²) in [6, 6.07) is 13.9.